The summed E-state index contributed by atoms with van der Waals surface area (Å²) in [5.74, 6) is 0.932. The zero-order chi connectivity index (χ0) is 9.68. The van der Waals surface area contributed by atoms with Crippen LogP contribution in [0, 0.1) is 0 Å². The first kappa shape index (κ1) is 9.99. The molecule has 0 amide bonds. The van der Waals surface area contributed by atoms with E-state index in [1.54, 1.807) is 0 Å². The van der Waals surface area contributed by atoms with Gasteiger partial charge in [-0.05, 0) is 25.7 Å². The quantitative estimate of drug-likeness (QED) is 0.760. The molecule has 1 aromatic heterocycles. The summed E-state index contributed by atoms with van der Waals surface area (Å²) in [6.07, 6.45) is 0. The monoisotopic (exact) mass is 179 g/mol. The minimum absolute atomic E-state index is 0.909. The van der Waals surface area contributed by atoms with Crippen LogP contribution >= 0.6 is 0 Å². The molecule has 0 aliphatic heterocycles. The number of pyridine rings is 1. The van der Waals surface area contributed by atoms with E-state index in [0.717, 1.165) is 24.6 Å². The lowest BCUT2D eigenvalue weighted by atomic mass is 10.3. The first-order valence-corrected chi connectivity index (χ1v) is 4.58. The van der Waals surface area contributed by atoms with Crippen LogP contribution in [0.15, 0.2) is 18.2 Å². The Balaban J connectivity index is 2.66. The Kier molecular flexibility index (Phi) is 3.71. The van der Waals surface area contributed by atoms with Crippen LogP contribution < -0.4 is 5.32 Å². The van der Waals surface area contributed by atoms with E-state index in [1.807, 2.05) is 25.2 Å². The highest BCUT2D eigenvalue weighted by Gasteiger charge is 1.99. The Hall–Kier alpha value is -1.09. The number of nitrogens with zero attached hydrogens (tertiary/aromatic N) is 2. The molecule has 0 saturated carbocycles. The molecule has 13 heavy (non-hydrogen) atoms. The van der Waals surface area contributed by atoms with Crippen LogP contribution in [0.1, 0.15) is 12.6 Å². The summed E-state index contributed by atoms with van der Waals surface area (Å²) in [5, 5.41) is 3.03. The third-order valence-corrected chi connectivity index (χ3v) is 2.03. The summed E-state index contributed by atoms with van der Waals surface area (Å²) in [5.41, 5.74) is 1.11. The number of rotatable bonds is 4. The molecule has 1 heterocycles. The highest BCUT2D eigenvalue weighted by atomic mass is 15.1. The van der Waals surface area contributed by atoms with E-state index in [-0.39, 0.29) is 0 Å². The molecule has 1 N–H and O–H groups in total. The molecule has 0 radical (unpaired) electrons. The summed E-state index contributed by atoms with van der Waals surface area (Å²) in [7, 11) is 3.98. The van der Waals surface area contributed by atoms with Gasteiger partial charge in [0.05, 0.1) is 5.69 Å². The maximum atomic E-state index is 4.43. The van der Waals surface area contributed by atoms with Gasteiger partial charge in [-0.15, -0.1) is 0 Å². The van der Waals surface area contributed by atoms with Crippen LogP contribution in [-0.2, 0) is 6.54 Å². The largest absolute Gasteiger partial charge is 0.373 e. The Morgan fingerprint density at radius 1 is 1.46 bits per heavy atom. The van der Waals surface area contributed by atoms with Gasteiger partial charge in [-0.2, -0.15) is 0 Å². The van der Waals surface area contributed by atoms with Crippen molar-refractivity contribution in [2.45, 2.75) is 13.5 Å². The van der Waals surface area contributed by atoms with Gasteiger partial charge in [-0.25, -0.2) is 4.98 Å². The predicted molar refractivity (Wildman–Crippen MR) is 55.8 cm³/mol. The smallest absolute Gasteiger partial charge is 0.126 e. The Morgan fingerprint density at radius 3 is 2.85 bits per heavy atom. The van der Waals surface area contributed by atoms with Crippen molar-refractivity contribution < 1.29 is 0 Å². The molecular formula is C10H17N3. The van der Waals surface area contributed by atoms with Gasteiger partial charge >= 0.3 is 0 Å². The normalized spacial score (nSPS) is 10.5. The van der Waals surface area contributed by atoms with Crippen molar-refractivity contribution >= 4 is 5.82 Å². The second-order valence-corrected chi connectivity index (χ2v) is 3.09. The summed E-state index contributed by atoms with van der Waals surface area (Å²) < 4.78 is 0. The molecule has 0 saturated heterocycles. The van der Waals surface area contributed by atoms with Crippen molar-refractivity contribution in [1.82, 2.24) is 9.88 Å². The molecule has 1 aromatic rings. The fourth-order valence-corrected chi connectivity index (χ4v) is 1.10. The van der Waals surface area contributed by atoms with Gasteiger partial charge in [-0.3, -0.25) is 0 Å². The standard InChI is InChI=1S/C10H17N3/c1-4-13(3)8-9-6-5-7-10(11-2)12-9/h5-7H,4,8H2,1-3H3,(H,11,12). The zero-order valence-corrected chi connectivity index (χ0v) is 8.54. The average molecular weight is 179 g/mol. The maximum Gasteiger partial charge on any atom is 0.126 e. The van der Waals surface area contributed by atoms with Crippen molar-refractivity contribution in [3.05, 3.63) is 23.9 Å². The van der Waals surface area contributed by atoms with Gasteiger partial charge < -0.3 is 10.2 Å². The molecule has 1 rings (SSSR count). The van der Waals surface area contributed by atoms with Crippen molar-refractivity contribution in [1.29, 1.82) is 0 Å². The van der Waals surface area contributed by atoms with Crippen molar-refractivity contribution in [3.63, 3.8) is 0 Å². The van der Waals surface area contributed by atoms with Gasteiger partial charge in [0.25, 0.3) is 0 Å². The highest BCUT2D eigenvalue weighted by Crippen LogP contribution is 2.05. The number of hydrogen-bond donors (Lipinski definition) is 1. The number of nitrogens with one attached hydrogen (secondary N) is 1. The minimum atomic E-state index is 0.909. The third kappa shape index (κ3) is 3.03. The second-order valence-electron chi connectivity index (χ2n) is 3.09. The molecule has 0 unspecified atom stereocenters. The first-order chi connectivity index (χ1) is 6.26. The molecule has 0 bridgehead atoms. The van der Waals surface area contributed by atoms with Crippen LogP contribution in [0.2, 0.25) is 0 Å². The van der Waals surface area contributed by atoms with Gasteiger partial charge in [0.15, 0.2) is 0 Å². The van der Waals surface area contributed by atoms with Gasteiger partial charge in [0.1, 0.15) is 5.82 Å². The molecule has 0 spiro atoms. The predicted octanol–water partition coefficient (Wildman–Crippen LogP) is 1.57. The van der Waals surface area contributed by atoms with E-state index < -0.39 is 0 Å². The first-order valence-electron chi connectivity index (χ1n) is 4.58. The van der Waals surface area contributed by atoms with Crippen LogP contribution in [0.3, 0.4) is 0 Å². The SMILES string of the molecule is CCN(C)Cc1cccc(NC)n1. The summed E-state index contributed by atoms with van der Waals surface area (Å²) in [4.78, 5) is 6.65. The molecule has 3 nitrogen and oxygen atoms in total. The van der Waals surface area contributed by atoms with E-state index in [2.05, 4.69) is 29.2 Å². The maximum absolute atomic E-state index is 4.43. The fraction of sp³-hybridized carbons (Fsp3) is 0.500. The minimum Gasteiger partial charge on any atom is -0.373 e. The lowest BCUT2D eigenvalue weighted by Gasteiger charge is -2.13. The summed E-state index contributed by atoms with van der Waals surface area (Å²) in [6, 6.07) is 6.04. The van der Waals surface area contributed by atoms with Crippen LogP contribution in [0.5, 0.6) is 0 Å². The average Bonchev–Trinajstić information content (AvgIpc) is 2.18. The van der Waals surface area contributed by atoms with E-state index >= 15 is 0 Å². The van der Waals surface area contributed by atoms with Crippen molar-refractivity contribution in [2.24, 2.45) is 0 Å². The lowest BCUT2D eigenvalue weighted by molar-refractivity contribution is 0.341. The van der Waals surface area contributed by atoms with E-state index in [1.165, 1.54) is 0 Å². The van der Waals surface area contributed by atoms with Crippen LogP contribution in [-0.4, -0.2) is 30.5 Å². The molecular weight excluding hydrogens is 162 g/mol. The molecule has 0 atom stereocenters. The van der Waals surface area contributed by atoms with Crippen LogP contribution in [0.4, 0.5) is 5.82 Å². The highest BCUT2D eigenvalue weighted by molar-refractivity contribution is 5.34. The summed E-state index contributed by atoms with van der Waals surface area (Å²) >= 11 is 0. The van der Waals surface area contributed by atoms with Gasteiger partial charge in [0.2, 0.25) is 0 Å². The lowest BCUT2D eigenvalue weighted by Crippen LogP contribution is -2.17. The van der Waals surface area contributed by atoms with E-state index in [4.69, 9.17) is 0 Å². The molecule has 0 aliphatic rings. The fourth-order valence-electron chi connectivity index (χ4n) is 1.10. The topological polar surface area (TPSA) is 28.2 Å². The zero-order valence-electron chi connectivity index (χ0n) is 8.54. The molecule has 0 aromatic carbocycles. The van der Waals surface area contributed by atoms with Crippen molar-refractivity contribution in [2.75, 3.05) is 26.0 Å². The Labute approximate surface area is 79.8 Å². The van der Waals surface area contributed by atoms with Gasteiger partial charge in [-0.1, -0.05) is 13.0 Å². The van der Waals surface area contributed by atoms with Crippen molar-refractivity contribution in [3.8, 4) is 0 Å². The third-order valence-electron chi connectivity index (χ3n) is 2.03. The second kappa shape index (κ2) is 4.82. The Morgan fingerprint density at radius 2 is 2.23 bits per heavy atom. The van der Waals surface area contributed by atoms with Crippen LogP contribution in [0.25, 0.3) is 0 Å². The number of anilines is 1. The van der Waals surface area contributed by atoms with E-state index in [0.29, 0.717) is 0 Å². The van der Waals surface area contributed by atoms with Gasteiger partial charge in [0, 0.05) is 13.6 Å². The molecule has 0 aliphatic carbocycles. The molecule has 72 valence electrons. The number of aromatic nitrogens is 1. The summed E-state index contributed by atoms with van der Waals surface area (Å²) in [6.45, 7) is 4.10. The van der Waals surface area contributed by atoms with E-state index in [9.17, 15) is 0 Å². The Bertz CT molecular complexity index is 260. The molecule has 3 heteroatoms. The number of hydrogen-bond acceptors (Lipinski definition) is 3. The molecule has 0 fully saturated rings.